The lowest BCUT2D eigenvalue weighted by Gasteiger charge is -2.14. The fourth-order valence-corrected chi connectivity index (χ4v) is 8.56. The van der Waals surface area contributed by atoms with Crippen LogP contribution in [-0.4, -0.2) is 9.13 Å². The molecular formula is C52H34N2. The quantitative estimate of drug-likeness (QED) is 0.171. The molecule has 0 saturated heterocycles. The third-order valence-electron chi connectivity index (χ3n) is 11.1. The summed E-state index contributed by atoms with van der Waals surface area (Å²) in [6, 6.07) is 75.2. The van der Waals surface area contributed by atoms with Gasteiger partial charge in [0.1, 0.15) is 0 Å². The Bertz CT molecular complexity index is 3200. The smallest absolute Gasteiger partial charge is 0.0541 e. The van der Waals surface area contributed by atoms with E-state index in [0.29, 0.717) is 0 Å². The summed E-state index contributed by atoms with van der Waals surface area (Å²) in [7, 11) is 0. The molecule has 0 spiro atoms. The first-order chi connectivity index (χ1) is 26.8. The van der Waals surface area contributed by atoms with Gasteiger partial charge in [0.2, 0.25) is 0 Å². The van der Waals surface area contributed by atoms with Crippen LogP contribution in [-0.2, 0) is 0 Å². The van der Waals surface area contributed by atoms with E-state index >= 15 is 0 Å². The normalized spacial score (nSPS) is 11.7. The number of fused-ring (bicyclic) bond motifs is 7. The average Bonchev–Trinajstić information content (AvgIpc) is 3.76. The van der Waals surface area contributed by atoms with Crippen molar-refractivity contribution in [3.8, 4) is 44.8 Å². The molecule has 0 bridgehead atoms. The topological polar surface area (TPSA) is 9.86 Å². The van der Waals surface area contributed by atoms with E-state index in [9.17, 15) is 0 Å². The summed E-state index contributed by atoms with van der Waals surface area (Å²) in [4.78, 5) is 0. The Morgan fingerprint density at radius 1 is 0.259 bits per heavy atom. The molecule has 2 heterocycles. The molecule has 2 aromatic heterocycles. The second kappa shape index (κ2) is 12.2. The predicted octanol–water partition coefficient (Wildman–Crippen LogP) is 14.0. The van der Waals surface area contributed by atoms with Crippen LogP contribution in [0.25, 0.3) is 99.1 Å². The van der Waals surface area contributed by atoms with Crippen molar-refractivity contribution in [2.45, 2.75) is 0 Å². The monoisotopic (exact) mass is 686 g/mol. The van der Waals surface area contributed by atoms with E-state index in [1.54, 1.807) is 0 Å². The number of nitrogens with zero attached hydrogens (tertiary/aromatic N) is 2. The van der Waals surface area contributed by atoms with E-state index in [0.717, 1.165) is 0 Å². The maximum absolute atomic E-state index is 2.43. The van der Waals surface area contributed by atoms with Gasteiger partial charge in [-0.3, -0.25) is 0 Å². The zero-order valence-electron chi connectivity index (χ0n) is 29.5. The van der Waals surface area contributed by atoms with E-state index in [1.165, 1.54) is 99.1 Å². The van der Waals surface area contributed by atoms with Gasteiger partial charge in [-0.15, -0.1) is 0 Å². The molecule has 0 aliphatic rings. The molecule has 0 N–H and O–H groups in total. The van der Waals surface area contributed by atoms with Gasteiger partial charge in [-0.05, 0) is 99.3 Å². The SMILES string of the molecule is c1ccc(-c2ccc3cc(-n4c5ccccc5c5cc(-c6ccc7c(c6)c6ccccc6n7-c6ccccc6-c6ccccc6)ccc54)ccc3c2)cc1. The molecule has 11 aromatic rings. The van der Waals surface area contributed by atoms with Gasteiger partial charge in [-0.2, -0.15) is 0 Å². The standard InChI is InChI=1S/C52H34N2/c1-3-13-35(14-4-1)37-23-24-39-32-42(28-25-38(39)31-37)53-49-21-11-8-18-44(49)46-33-40(26-29-51(46)53)41-27-30-52-47(34-41)45-19-9-12-22-50(45)54(52)48-20-10-7-17-43(48)36-15-5-2-6-16-36/h1-34H. The van der Waals surface area contributed by atoms with Gasteiger partial charge in [-0.1, -0.05) is 146 Å². The van der Waals surface area contributed by atoms with Crippen LogP contribution in [0, 0.1) is 0 Å². The molecule has 0 atom stereocenters. The maximum Gasteiger partial charge on any atom is 0.0541 e. The number of hydrogen-bond acceptors (Lipinski definition) is 0. The highest BCUT2D eigenvalue weighted by Crippen LogP contribution is 2.40. The van der Waals surface area contributed by atoms with Crippen molar-refractivity contribution in [2.75, 3.05) is 0 Å². The molecule has 11 rings (SSSR count). The molecule has 0 unspecified atom stereocenters. The second-order valence-corrected chi connectivity index (χ2v) is 14.2. The van der Waals surface area contributed by atoms with E-state index in [2.05, 4.69) is 215 Å². The van der Waals surface area contributed by atoms with Gasteiger partial charge in [0.05, 0.1) is 27.8 Å². The third-order valence-corrected chi connectivity index (χ3v) is 11.1. The minimum absolute atomic E-state index is 1.17. The van der Waals surface area contributed by atoms with Gasteiger partial charge in [-0.25, -0.2) is 0 Å². The van der Waals surface area contributed by atoms with Crippen molar-refractivity contribution >= 4 is 54.4 Å². The number of para-hydroxylation sites is 3. The molecule has 0 amide bonds. The molecule has 9 aromatic carbocycles. The van der Waals surface area contributed by atoms with Crippen LogP contribution in [0.15, 0.2) is 206 Å². The first kappa shape index (κ1) is 30.5. The van der Waals surface area contributed by atoms with Crippen molar-refractivity contribution in [1.82, 2.24) is 9.13 Å². The highest BCUT2D eigenvalue weighted by molar-refractivity contribution is 6.13. The molecule has 0 aliphatic carbocycles. The van der Waals surface area contributed by atoms with Gasteiger partial charge < -0.3 is 9.13 Å². The highest BCUT2D eigenvalue weighted by Gasteiger charge is 2.18. The predicted molar refractivity (Wildman–Crippen MR) is 229 cm³/mol. The van der Waals surface area contributed by atoms with E-state index in [1.807, 2.05) is 0 Å². The maximum atomic E-state index is 2.43. The number of hydrogen-bond donors (Lipinski definition) is 0. The lowest BCUT2D eigenvalue weighted by Crippen LogP contribution is -1.97. The summed E-state index contributed by atoms with van der Waals surface area (Å²) >= 11 is 0. The van der Waals surface area contributed by atoms with Crippen molar-refractivity contribution in [3.63, 3.8) is 0 Å². The summed E-state index contributed by atoms with van der Waals surface area (Å²) in [6.07, 6.45) is 0. The van der Waals surface area contributed by atoms with E-state index < -0.39 is 0 Å². The fourth-order valence-electron chi connectivity index (χ4n) is 8.56. The Balaban J connectivity index is 1.05. The zero-order chi connectivity index (χ0) is 35.6. The van der Waals surface area contributed by atoms with Crippen molar-refractivity contribution in [2.24, 2.45) is 0 Å². The summed E-state index contributed by atoms with van der Waals surface area (Å²) in [6.45, 7) is 0. The van der Waals surface area contributed by atoms with Crippen molar-refractivity contribution in [3.05, 3.63) is 206 Å². The van der Waals surface area contributed by atoms with Crippen molar-refractivity contribution in [1.29, 1.82) is 0 Å². The molecule has 0 aliphatic heterocycles. The van der Waals surface area contributed by atoms with E-state index in [4.69, 9.17) is 0 Å². The number of rotatable bonds is 5. The van der Waals surface area contributed by atoms with E-state index in [-0.39, 0.29) is 0 Å². The van der Waals surface area contributed by atoms with Crippen LogP contribution in [0.4, 0.5) is 0 Å². The van der Waals surface area contributed by atoms with Crippen LogP contribution in [0.1, 0.15) is 0 Å². The zero-order valence-corrected chi connectivity index (χ0v) is 29.5. The molecule has 252 valence electrons. The van der Waals surface area contributed by atoms with Crippen LogP contribution >= 0.6 is 0 Å². The van der Waals surface area contributed by atoms with Crippen LogP contribution < -0.4 is 0 Å². The van der Waals surface area contributed by atoms with Crippen LogP contribution in [0.2, 0.25) is 0 Å². The Morgan fingerprint density at radius 3 is 1.44 bits per heavy atom. The first-order valence-electron chi connectivity index (χ1n) is 18.6. The lowest BCUT2D eigenvalue weighted by atomic mass is 10.0. The molecule has 54 heavy (non-hydrogen) atoms. The molecular weight excluding hydrogens is 653 g/mol. The Kier molecular flexibility index (Phi) is 6.90. The summed E-state index contributed by atoms with van der Waals surface area (Å²) in [5.74, 6) is 0. The number of aromatic nitrogens is 2. The average molecular weight is 687 g/mol. The minimum atomic E-state index is 1.17. The van der Waals surface area contributed by atoms with Gasteiger partial charge >= 0.3 is 0 Å². The molecule has 0 saturated carbocycles. The lowest BCUT2D eigenvalue weighted by molar-refractivity contribution is 1.18. The molecule has 0 fully saturated rings. The van der Waals surface area contributed by atoms with Gasteiger partial charge in [0.25, 0.3) is 0 Å². The summed E-state index contributed by atoms with van der Waals surface area (Å²) in [5.41, 5.74) is 14.5. The Labute approximate surface area is 313 Å². The second-order valence-electron chi connectivity index (χ2n) is 14.2. The van der Waals surface area contributed by atoms with Crippen molar-refractivity contribution < 1.29 is 0 Å². The molecule has 0 radical (unpaired) electrons. The van der Waals surface area contributed by atoms with Gasteiger partial charge in [0.15, 0.2) is 0 Å². The summed E-state index contributed by atoms with van der Waals surface area (Å²) < 4.78 is 4.85. The Morgan fingerprint density at radius 2 is 0.741 bits per heavy atom. The minimum Gasteiger partial charge on any atom is -0.309 e. The fraction of sp³-hybridized carbons (Fsp3) is 0. The van der Waals surface area contributed by atoms with Gasteiger partial charge in [0, 0.05) is 32.8 Å². The number of benzene rings is 9. The Hall–Kier alpha value is -7.16. The molecule has 2 nitrogen and oxygen atoms in total. The largest absolute Gasteiger partial charge is 0.309 e. The molecule has 2 heteroatoms. The van der Waals surface area contributed by atoms with Crippen LogP contribution in [0.5, 0.6) is 0 Å². The third kappa shape index (κ3) is 4.81. The van der Waals surface area contributed by atoms with Crippen LogP contribution in [0.3, 0.4) is 0 Å². The highest BCUT2D eigenvalue weighted by atomic mass is 15.0. The first-order valence-corrected chi connectivity index (χ1v) is 18.6. The summed E-state index contributed by atoms with van der Waals surface area (Å²) in [5, 5.41) is 7.48.